The molecule has 3 amide bonds. The maximum absolute atomic E-state index is 11.9. The lowest BCUT2D eigenvalue weighted by molar-refractivity contribution is -0.117. The highest BCUT2D eigenvalue weighted by Crippen LogP contribution is 2.21. The number of imide groups is 1. The van der Waals surface area contributed by atoms with Crippen LogP contribution in [0.2, 0.25) is 0 Å². The zero-order valence-electron chi connectivity index (χ0n) is 12.0. The number of hydrogen-bond acceptors (Lipinski definition) is 5. The molecule has 1 aromatic rings. The summed E-state index contributed by atoms with van der Waals surface area (Å²) in [7, 11) is 0. The standard InChI is InChI=1S/C14H19N3O3S/c1-2-11-9-15-4-3-12(11)21-10-13(18)16-14(19)17-5-7-20-8-6-17/h3-4,9H,2,5-8,10H2,1H3,(H,16,18,19). The average Bonchev–Trinajstić information content (AvgIpc) is 2.54. The van der Waals surface area contributed by atoms with E-state index in [4.69, 9.17) is 4.74 Å². The Morgan fingerprint density at radius 2 is 2.19 bits per heavy atom. The average molecular weight is 309 g/mol. The fourth-order valence-electron chi connectivity index (χ4n) is 1.96. The monoisotopic (exact) mass is 309 g/mol. The number of carbonyl (C=O) groups excluding carboxylic acids is 2. The fraction of sp³-hybridized carbons (Fsp3) is 0.500. The van der Waals surface area contributed by atoms with Crippen molar-refractivity contribution in [2.24, 2.45) is 0 Å². The van der Waals surface area contributed by atoms with Gasteiger partial charge in [0.15, 0.2) is 0 Å². The Labute approximate surface area is 128 Å². The smallest absolute Gasteiger partial charge is 0.324 e. The van der Waals surface area contributed by atoms with E-state index in [-0.39, 0.29) is 17.7 Å². The number of rotatable bonds is 4. The van der Waals surface area contributed by atoms with Gasteiger partial charge in [-0.2, -0.15) is 0 Å². The fourth-order valence-corrected chi connectivity index (χ4v) is 2.86. The number of ether oxygens (including phenoxy) is 1. The first-order valence-corrected chi connectivity index (χ1v) is 7.91. The highest BCUT2D eigenvalue weighted by Gasteiger charge is 2.18. The Bertz CT molecular complexity index is 504. The first-order chi connectivity index (χ1) is 10.2. The number of thioether (sulfide) groups is 1. The van der Waals surface area contributed by atoms with Gasteiger partial charge in [0.25, 0.3) is 0 Å². The number of morpholine rings is 1. The van der Waals surface area contributed by atoms with Crippen LogP contribution in [0.25, 0.3) is 0 Å². The molecule has 1 N–H and O–H groups in total. The number of carbonyl (C=O) groups is 2. The molecule has 0 spiro atoms. The van der Waals surface area contributed by atoms with E-state index in [1.54, 1.807) is 17.3 Å². The predicted molar refractivity (Wildman–Crippen MR) is 80.3 cm³/mol. The van der Waals surface area contributed by atoms with E-state index < -0.39 is 0 Å². The van der Waals surface area contributed by atoms with Crippen LogP contribution in [0.4, 0.5) is 4.79 Å². The predicted octanol–water partition coefficient (Wildman–Crippen LogP) is 1.30. The van der Waals surface area contributed by atoms with Crippen molar-refractivity contribution in [1.29, 1.82) is 0 Å². The van der Waals surface area contributed by atoms with Crippen LogP contribution in [0.15, 0.2) is 23.4 Å². The molecule has 1 fully saturated rings. The molecule has 1 saturated heterocycles. The van der Waals surface area contributed by atoms with Crippen molar-refractivity contribution in [3.8, 4) is 0 Å². The lowest BCUT2D eigenvalue weighted by Crippen LogP contribution is -2.48. The van der Waals surface area contributed by atoms with Gasteiger partial charge in [-0.05, 0) is 18.1 Å². The van der Waals surface area contributed by atoms with Crippen LogP contribution >= 0.6 is 11.8 Å². The number of aromatic nitrogens is 1. The Hall–Kier alpha value is -1.60. The van der Waals surface area contributed by atoms with Gasteiger partial charge in [-0.3, -0.25) is 15.1 Å². The molecule has 114 valence electrons. The molecule has 7 heteroatoms. The van der Waals surface area contributed by atoms with Gasteiger partial charge >= 0.3 is 6.03 Å². The molecule has 2 rings (SSSR count). The molecule has 0 saturated carbocycles. The summed E-state index contributed by atoms with van der Waals surface area (Å²) in [6.07, 6.45) is 4.38. The third-order valence-electron chi connectivity index (χ3n) is 3.14. The maximum Gasteiger partial charge on any atom is 0.324 e. The van der Waals surface area contributed by atoms with Crippen LogP contribution < -0.4 is 5.32 Å². The van der Waals surface area contributed by atoms with E-state index in [9.17, 15) is 9.59 Å². The Kier molecular flexibility index (Phi) is 6.01. The van der Waals surface area contributed by atoms with Crippen LogP contribution in [0.5, 0.6) is 0 Å². The van der Waals surface area contributed by atoms with E-state index in [0.29, 0.717) is 26.3 Å². The third kappa shape index (κ3) is 4.71. The summed E-state index contributed by atoms with van der Waals surface area (Å²) in [4.78, 5) is 30.4. The molecular formula is C14H19N3O3S. The minimum Gasteiger partial charge on any atom is -0.378 e. The number of aryl methyl sites for hydroxylation is 1. The van der Waals surface area contributed by atoms with E-state index >= 15 is 0 Å². The first kappa shape index (κ1) is 15.8. The van der Waals surface area contributed by atoms with Gasteiger partial charge in [0, 0.05) is 30.4 Å². The number of amides is 3. The van der Waals surface area contributed by atoms with Gasteiger partial charge in [0.1, 0.15) is 0 Å². The second-order valence-corrected chi connectivity index (χ2v) is 5.60. The second kappa shape index (κ2) is 7.99. The molecule has 0 atom stereocenters. The lowest BCUT2D eigenvalue weighted by Gasteiger charge is -2.26. The summed E-state index contributed by atoms with van der Waals surface area (Å²) in [5, 5.41) is 2.41. The van der Waals surface area contributed by atoms with Gasteiger partial charge in [-0.25, -0.2) is 4.79 Å². The van der Waals surface area contributed by atoms with Crippen molar-refractivity contribution >= 4 is 23.7 Å². The van der Waals surface area contributed by atoms with Crippen LogP contribution in [-0.2, 0) is 16.0 Å². The molecule has 1 aliphatic rings. The van der Waals surface area contributed by atoms with Crippen molar-refractivity contribution in [1.82, 2.24) is 15.2 Å². The molecule has 1 aromatic heterocycles. The van der Waals surface area contributed by atoms with E-state index in [2.05, 4.69) is 10.3 Å². The highest BCUT2D eigenvalue weighted by atomic mass is 32.2. The summed E-state index contributed by atoms with van der Waals surface area (Å²) in [5.41, 5.74) is 1.11. The van der Waals surface area contributed by atoms with Crippen molar-refractivity contribution in [2.75, 3.05) is 32.1 Å². The van der Waals surface area contributed by atoms with Gasteiger partial charge in [0.05, 0.1) is 19.0 Å². The van der Waals surface area contributed by atoms with Crippen molar-refractivity contribution < 1.29 is 14.3 Å². The molecule has 21 heavy (non-hydrogen) atoms. The summed E-state index contributed by atoms with van der Waals surface area (Å²) in [6, 6.07) is 1.55. The van der Waals surface area contributed by atoms with Crippen LogP contribution in [-0.4, -0.2) is 53.9 Å². The number of pyridine rings is 1. The van der Waals surface area contributed by atoms with Crippen LogP contribution in [0.3, 0.4) is 0 Å². The summed E-state index contributed by atoms with van der Waals surface area (Å²) in [6.45, 7) is 4.14. The number of nitrogens with zero attached hydrogens (tertiary/aromatic N) is 2. The first-order valence-electron chi connectivity index (χ1n) is 6.93. The Morgan fingerprint density at radius 3 is 2.90 bits per heavy atom. The van der Waals surface area contributed by atoms with E-state index in [0.717, 1.165) is 16.9 Å². The van der Waals surface area contributed by atoms with Gasteiger partial charge in [-0.1, -0.05) is 6.92 Å². The lowest BCUT2D eigenvalue weighted by atomic mass is 10.2. The SMILES string of the molecule is CCc1cnccc1SCC(=O)NC(=O)N1CCOCC1. The van der Waals surface area contributed by atoms with Gasteiger partial charge < -0.3 is 9.64 Å². The van der Waals surface area contributed by atoms with Gasteiger partial charge in [0.2, 0.25) is 5.91 Å². The minimum atomic E-state index is -0.339. The second-order valence-electron chi connectivity index (χ2n) is 4.58. The molecule has 0 unspecified atom stereocenters. The summed E-state index contributed by atoms with van der Waals surface area (Å²) >= 11 is 1.42. The molecule has 0 aliphatic carbocycles. The van der Waals surface area contributed by atoms with E-state index in [1.165, 1.54) is 11.8 Å². The largest absolute Gasteiger partial charge is 0.378 e. The van der Waals surface area contributed by atoms with Crippen LogP contribution in [0.1, 0.15) is 12.5 Å². The third-order valence-corrected chi connectivity index (χ3v) is 4.26. The zero-order valence-corrected chi connectivity index (χ0v) is 12.8. The normalized spacial score (nSPS) is 14.8. The summed E-state index contributed by atoms with van der Waals surface area (Å²) < 4.78 is 5.17. The Morgan fingerprint density at radius 1 is 1.43 bits per heavy atom. The van der Waals surface area contributed by atoms with Gasteiger partial charge in [-0.15, -0.1) is 11.8 Å². The molecule has 0 aromatic carbocycles. The Balaban J connectivity index is 1.80. The van der Waals surface area contributed by atoms with Crippen molar-refractivity contribution in [2.45, 2.75) is 18.2 Å². The number of urea groups is 1. The number of hydrogen-bond donors (Lipinski definition) is 1. The van der Waals surface area contributed by atoms with Crippen LogP contribution in [0, 0.1) is 0 Å². The molecular weight excluding hydrogens is 290 g/mol. The zero-order chi connectivity index (χ0) is 15.1. The van der Waals surface area contributed by atoms with E-state index in [1.807, 2.05) is 13.0 Å². The number of nitrogens with one attached hydrogen (secondary N) is 1. The molecule has 0 radical (unpaired) electrons. The molecule has 2 heterocycles. The molecule has 0 bridgehead atoms. The minimum absolute atomic E-state index is 0.215. The molecule has 6 nitrogen and oxygen atoms in total. The molecule has 1 aliphatic heterocycles. The topological polar surface area (TPSA) is 71.5 Å². The maximum atomic E-state index is 11.9. The highest BCUT2D eigenvalue weighted by molar-refractivity contribution is 8.00. The van der Waals surface area contributed by atoms with Crippen molar-refractivity contribution in [3.63, 3.8) is 0 Å². The van der Waals surface area contributed by atoms with Crippen molar-refractivity contribution in [3.05, 3.63) is 24.0 Å². The quantitative estimate of drug-likeness (QED) is 0.849. The summed E-state index contributed by atoms with van der Waals surface area (Å²) in [5.74, 6) is -0.0667.